The molecule has 22 heteroatoms. The molecule has 19 nitrogen and oxygen atoms in total. The number of benzene rings is 2. The number of ether oxygens (including phenoxy) is 3. The van der Waals surface area contributed by atoms with Crippen molar-refractivity contribution >= 4 is 47.1 Å². The number of imide groups is 2. The topological polar surface area (TPSA) is 229 Å². The number of nitrogens with zero attached hydrogens (tertiary/aromatic N) is 6. The van der Waals surface area contributed by atoms with E-state index in [1.807, 2.05) is 0 Å². The first-order chi connectivity index (χ1) is 33.9. The van der Waals surface area contributed by atoms with Crippen LogP contribution in [0.5, 0.6) is 0 Å². The van der Waals surface area contributed by atoms with E-state index in [0.29, 0.717) is 81.6 Å². The fourth-order valence-electron chi connectivity index (χ4n) is 8.01. The first-order valence-electron chi connectivity index (χ1n) is 23.1. The molecular formula is C49H52F3N9O10. The van der Waals surface area contributed by atoms with Crippen LogP contribution in [0.25, 0.3) is 17.1 Å². The van der Waals surface area contributed by atoms with Gasteiger partial charge in [0.15, 0.2) is 11.4 Å². The van der Waals surface area contributed by atoms with Crippen molar-refractivity contribution in [3.05, 3.63) is 107 Å². The minimum atomic E-state index is -4.92. The minimum Gasteiger partial charge on any atom is -0.444 e. The molecule has 2 aliphatic heterocycles. The molecule has 1 aliphatic carbocycles. The van der Waals surface area contributed by atoms with Crippen molar-refractivity contribution in [1.82, 2.24) is 35.3 Å². The van der Waals surface area contributed by atoms with Gasteiger partial charge in [-0.25, -0.2) is 19.4 Å². The molecule has 0 radical (unpaired) electrons. The molecule has 0 spiro atoms. The Morgan fingerprint density at radius 1 is 0.944 bits per heavy atom. The van der Waals surface area contributed by atoms with Crippen molar-refractivity contribution in [3.8, 4) is 17.1 Å². The van der Waals surface area contributed by atoms with Crippen LogP contribution < -0.4 is 20.9 Å². The third-order valence-electron chi connectivity index (χ3n) is 11.6. The Kier molecular flexibility index (Phi) is 15.1. The van der Waals surface area contributed by atoms with Crippen molar-refractivity contribution in [1.29, 1.82) is 0 Å². The van der Waals surface area contributed by atoms with Crippen LogP contribution in [0.2, 0.25) is 0 Å². The smallest absolute Gasteiger partial charge is 0.437 e. The van der Waals surface area contributed by atoms with E-state index >= 15 is 0 Å². The van der Waals surface area contributed by atoms with Gasteiger partial charge < -0.3 is 29.3 Å². The lowest BCUT2D eigenvalue weighted by Gasteiger charge is -2.27. The lowest BCUT2D eigenvalue weighted by Crippen LogP contribution is -2.54. The third-order valence-corrected chi connectivity index (χ3v) is 11.6. The number of rotatable bonds is 20. The molecule has 3 aromatic heterocycles. The fraction of sp³-hybridized carbons (Fsp3) is 0.408. The Bertz CT molecular complexity index is 2820. The summed E-state index contributed by atoms with van der Waals surface area (Å²) < 4.78 is 66.4. The van der Waals surface area contributed by atoms with Gasteiger partial charge in [-0.2, -0.15) is 18.3 Å². The molecule has 3 N–H and O–H groups in total. The zero-order chi connectivity index (χ0) is 50.5. The van der Waals surface area contributed by atoms with Crippen LogP contribution in [0, 0.1) is 5.92 Å². The number of piperidine rings is 1. The highest BCUT2D eigenvalue weighted by Crippen LogP contribution is 2.36. The third kappa shape index (κ3) is 12.4. The molecule has 5 heterocycles. The largest absolute Gasteiger partial charge is 0.444 e. The van der Waals surface area contributed by atoms with Crippen molar-refractivity contribution in [2.75, 3.05) is 49.7 Å². The molecule has 2 fully saturated rings. The zero-order valence-corrected chi connectivity index (χ0v) is 39.2. The first kappa shape index (κ1) is 50.1. The highest BCUT2D eigenvalue weighted by Gasteiger charge is 2.45. The Morgan fingerprint density at radius 3 is 2.46 bits per heavy atom. The first-order valence-corrected chi connectivity index (χ1v) is 23.1. The number of amides is 6. The van der Waals surface area contributed by atoms with Crippen LogP contribution in [-0.2, 0) is 42.9 Å². The van der Waals surface area contributed by atoms with Gasteiger partial charge in [0.1, 0.15) is 23.7 Å². The van der Waals surface area contributed by atoms with E-state index in [0.717, 1.165) is 40.4 Å². The number of nitrogens with one attached hydrogen (secondary N) is 3. The van der Waals surface area contributed by atoms with Crippen molar-refractivity contribution in [2.45, 2.75) is 83.7 Å². The number of carbonyl (C=O) groups excluding carboxylic acids is 6. The monoisotopic (exact) mass is 983 g/mol. The van der Waals surface area contributed by atoms with E-state index in [9.17, 15) is 41.9 Å². The van der Waals surface area contributed by atoms with Crippen LogP contribution in [0.3, 0.4) is 0 Å². The fourth-order valence-corrected chi connectivity index (χ4v) is 8.01. The summed E-state index contributed by atoms with van der Waals surface area (Å²) in [5, 5.41) is 11.5. The number of pyridine rings is 1. The number of alkyl halides is 3. The Hall–Kier alpha value is -7.30. The molecule has 0 bridgehead atoms. The number of anilines is 2. The van der Waals surface area contributed by atoms with Gasteiger partial charge >= 0.3 is 12.3 Å². The standard InChI is InChI=1S/C49H52F3N9O10/c1-48(2,3)71-47(67)59(26-29-12-13-29)38-24-32(16-17-54-38)44-56-36(28-70-44)42(63)55-35-27-60(58-41(35)49(50,51)52)33-10-4-7-30(23-33)25-53-18-20-69-22-21-68-19-6-9-31-8-5-11-34-40(31)46(66)61(45(34)65)37-14-15-39(62)57-43(37)64/h4-5,7-8,10-11,16-17,23-24,27-29,37,53H,6,9,12-15,18-22,25-26H2,1-3H3,(H,55,63)(H,57,62,64). The van der Waals surface area contributed by atoms with Gasteiger partial charge in [-0.3, -0.25) is 39.1 Å². The van der Waals surface area contributed by atoms with Gasteiger partial charge in [0.2, 0.25) is 17.7 Å². The number of aryl methyl sites for hydroxylation is 1. The number of hydrogen-bond acceptors (Lipinski definition) is 14. The lowest BCUT2D eigenvalue weighted by atomic mass is 9.99. The van der Waals surface area contributed by atoms with E-state index in [4.69, 9.17) is 18.6 Å². The maximum atomic E-state index is 14.3. The van der Waals surface area contributed by atoms with E-state index in [-0.39, 0.29) is 41.4 Å². The average Bonchev–Trinajstić information content (AvgIpc) is 3.70. The molecule has 2 aromatic carbocycles. The second kappa shape index (κ2) is 21.4. The van der Waals surface area contributed by atoms with Crippen LogP contribution in [0.1, 0.15) is 101 Å². The van der Waals surface area contributed by atoms with Crippen molar-refractivity contribution in [3.63, 3.8) is 0 Å². The van der Waals surface area contributed by atoms with E-state index < -0.39 is 64.8 Å². The summed E-state index contributed by atoms with van der Waals surface area (Å²) in [4.78, 5) is 87.8. The maximum absolute atomic E-state index is 14.3. The SMILES string of the molecule is CC(C)(C)OC(=O)N(CC1CC1)c1cc(-c2nc(C(=O)Nc3cn(-c4cccc(CNCCOCCOCCCc5cccc6c5C(=O)N(C5CCC(=O)NC5=O)C6=O)c4)nc3C(F)(F)F)co2)ccn1. The van der Waals surface area contributed by atoms with Crippen LogP contribution >= 0.6 is 0 Å². The van der Waals surface area contributed by atoms with Crippen LogP contribution in [0.15, 0.2) is 77.7 Å². The predicted octanol–water partition coefficient (Wildman–Crippen LogP) is 6.50. The molecule has 1 saturated heterocycles. The summed E-state index contributed by atoms with van der Waals surface area (Å²) in [7, 11) is 0. The van der Waals surface area contributed by atoms with Gasteiger partial charge in [-0.1, -0.05) is 24.3 Å². The molecule has 5 aromatic rings. The van der Waals surface area contributed by atoms with Crippen LogP contribution in [-0.4, -0.2) is 111 Å². The summed E-state index contributed by atoms with van der Waals surface area (Å²) in [6.07, 6.45) is 1.13. The number of halogens is 3. The second-order valence-corrected chi connectivity index (χ2v) is 18.2. The number of hydrogen-bond donors (Lipinski definition) is 3. The number of oxazole rings is 1. The predicted molar refractivity (Wildman–Crippen MR) is 247 cm³/mol. The quantitative estimate of drug-likeness (QED) is 0.0559. The lowest BCUT2D eigenvalue weighted by molar-refractivity contribution is -0.140. The molecule has 1 atom stereocenters. The Balaban J connectivity index is 0.780. The van der Waals surface area contributed by atoms with Crippen molar-refractivity contribution < 1.29 is 60.6 Å². The number of aromatic nitrogens is 4. The van der Waals surface area contributed by atoms with Gasteiger partial charge in [-0.05, 0) is 100 Å². The second-order valence-electron chi connectivity index (χ2n) is 18.2. The van der Waals surface area contributed by atoms with E-state index in [2.05, 4.69) is 31.0 Å². The Morgan fingerprint density at radius 2 is 1.72 bits per heavy atom. The summed E-state index contributed by atoms with van der Waals surface area (Å²) in [5.74, 6) is -2.60. The van der Waals surface area contributed by atoms with E-state index in [1.165, 1.54) is 11.1 Å². The Labute approximate surface area is 405 Å². The highest BCUT2D eigenvalue weighted by molar-refractivity contribution is 6.24. The zero-order valence-electron chi connectivity index (χ0n) is 39.2. The van der Waals surface area contributed by atoms with Crippen molar-refractivity contribution in [2.24, 2.45) is 5.92 Å². The van der Waals surface area contributed by atoms with Gasteiger partial charge in [0, 0.05) is 44.4 Å². The van der Waals surface area contributed by atoms with Gasteiger partial charge in [0.05, 0.1) is 48.5 Å². The van der Waals surface area contributed by atoms with Crippen LogP contribution in [0.4, 0.5) is 29.5 Å². The summed E-state index contributed by atoms with van der Waals surface area (Å²) in [6.45, 7) is 7.84. The van der Waals surface area contributed by atoms with Gasteiger partial charge in [-0.15, -0.1) is 0 Å². The molecule has 1 unspecified atom stereocenters. The maximum Gasteiger partial charge on any atom is 0.437 e. The highest BCUT2D eigenvalue weighted by atomic mass is 19.4. The molecule has 374 valence electrons. The average molecular weight is 984 g/mol. The van der Waals surface area contributed by atoms with E-state index in [1.54, 1.807) is 75.4 Å². The molecule has 3 aliphatic rings. The molecule has 1 saturated carbocycles. The number of fused-ring (bicyclic) bond motifs is 1. The molecule has 71 heavy (non-hydrogen) atoms. The molecular weight excluding hydrogens is 932 g/mol. The molecule has 8 rings (SSSR count). The summed E-state index contributed by atoms with van der Waals surface area (Å²) in [5.41, 5.74) is -0.344. The normalized spacial score (nSPS) is 16.0. The summed E-state index contributed by atoms with van der Waals surface area (Å²) in [6, 6.07) is 13.8. The number of carbonyl (C=O) groups is 6. The summed E-state index contributed by atoms with van der Waals surface area (Å²) >= 11 is 0. The molecule has 6 amide bonds. The van der Waals surface area contributed by atoms with Gasteiger partial charge in [0.25, 0.3) is 17.7 Å². The minimum absolute atomic E-state index is 0.0199.